The molecule has 0 heterocycles. The second-order valence-corrected chi connectivity index (χ2v) is 4.57. The lowest BCUT2D eigenvalue weighted by atomic mass is 10.4. The zero-order chi connectivity index (χ0) is 20.0. The van der Waals surface area contributed by atoms with E-state index in [0.717, 1.165) is 25.7 Å². The molecule has 0 saturated heterocycles. The minimum absolute atomic E-state index is 0.292. The number of carboxylic acids is 4. The molecule has 0 rings (SSSR count). The van der Waals surface area contributed by atoms with Gasteiger partial charge >= 0.3 is 23.9 Å². The zero-order valence-corrected chi connectivity index (χ0v) is 15.1. The predicted octanol–water partition coefficient (Wildman–Crippen LogP) is 3.48. The Morgan fingerprint density at radius 1 is 0.458 bits per heavy atom. The summed E-state index contributed by atoms with van der Waals surface area (Å²) in [6.07, 6.45) is 4.09. The number of hydrogen-bond donors (Lipinski definition) is 4. The minimum atomic E-state index is -0.711. The van der Waals surface area contributed by atoms with Gasteiger partial charge in [0.05, 0.1) is 0 Å². The van der Waals surface area contributed by atoms with Gasteiger partial charge in [-0.25, -0.2) is 0 Å². The maximum atomic E-state index is 9.60. The highest BCUT2D eigenvalue weighted by molar-refractivity contribution is 5.67. The van der Waals surface area contributed by atoms with Crippen LogP contribution in [0, 0.1) is 0 Å². The second-order valence-electron chi connectivity index (χ2n) is 4.57. The summed E-state index contributed by atoms with van der Waals surface area (Å²) in [5.74, 6) is -2.84. The van der Waals surface area contributed by atoms with Gasteiger partial charge in [0.1, 0.15) is 0 Å². The van der Waals surface area contributed by atoms with Gasteiger partial charge in [-0.3, -0.25) is 19.2 Å². The molecular weight excluding hydrogens is 320 g/mol. The van der Waals surface area contributed by atoms with Gasteiger partial charge < -0.3 is 20.4 Å². The molecule has 0 aliphatic rings. The van der Waals surface area contributed by atoms with Crippen LogP contribution in [0.2, 0.25) is 0 Å². The van der Waals surface area contributed by atoms with Gasteiger partial charge in [-0.1, -0.05) is 27.7 Å². The smallest absolute Gasteiger partial charge is 0.303 e. The first-order chi connectivity index (χ1) is 11.1. The third-order valence-corrected chi connectivity index (χ3v) is 1.86. The van der Waals surface area contributed by atoms with Crippen molar-refractivity contribution in [3.8, 4) is 0 Å². The molecule has 0 spiro atoms. The fourth-order valence-corrected chi connectivity index (χ4v) is 0.855. The van der Waals surface area contributed by atoms with E-state index in [1.807, 2.05) is 27.7 Å². The lowest BCUT2D eigenvalue weighted by molar-refractivity contribution is -0.138. The molecule has 8 heteroatoms. The molecule has 0 bridgehead atoms. The molecule has 0 aliphatic carbocycles. The first kappa shape index (κ1) is 29.8. The first-order valence-corrected chi connectivity index (χ1v) is 7.95. The Hall–Kier alpha value is -2.12. The van der Waals surface area contributed by atoms with Gasteiger partial charge in [-0.15, -0.1) is 0 Å². The van der Waals surface area contributed by atoms with Crippen LogP contribution in [-0.2, 0) is 19.2 Å². The van der Waals surface area contributed by atoms with Crippen LogP contribution in [0.5, 0.6) is 0 Å². The summed E-state index contributed by atoms with van der Waals surface area (Å²) in [4.78, 5) is 38.4. The Morgan fingerprint density at radius 2 is 0.583 bits per heavy atom. The molecule has 0 amide bonds. The normalized spacial score (nSPS) is 8.17. The van der Waals surface area contributed by atoms with Gasteiger partial charge in [-0.05, 0) is 25.7 Å². The van der Waals surface area contributed by atoms with Gasteiger partial charge in [0.25, 0.3) is 0 Å². The fourth-order valence-electron chi connectivity index (χ4n) is 0.855. The molecule has 0 fully saturated rings. The summed E-state index contributed by atoms with van der Waals surface area (Å²) in [7, 11) is 0. The average molecular weight is 352 g/mol. The van der Waals surface area contributed by atoms with Crippen molar-refractivity contribution in [2.75, 3.05) is 0 Å². The quantitative estimate of drug-likeness (QED) is 0.518. The van der Waals surface area contributed by atoms with Crippen molar-refractivity contribution in [2.45, 2.75) is 79.1 Å². The molecule has 8 nitrogen and oxygen atoms in total. The summed E-state index contributed by atoms with van der Waals surface area (Å²) in [6, 6.07) is 0. The molecule has 0 aromatic heterocycles. The number of rotatable bonds is 8. The molecule has 0 unspecified atom stereocenters. The topological polar surface area (TPSA) is 149 Å². The monoisotopic (exact) mass is 352 g/mol. The number of hydrogen-bond acceptors (Lipinski definition) is 4. The zero-order valence-electron chi connectivity index (χ0n) is 15.1. The number of aliphatic carboxylic acids is 4. The van der Waals surface area contributed by atoms with Crippen molar-refractivity contribution in [1.29, 1.82) is 0 Å². The number of carbonyl (C=O) groups is 4. The van der Waals surface area contributed by atoms with E-state index in [4.69, 9.17) is 20.4 Å². The molecular formula is C16H32O8. The van der Waals surface area contributed by atoms with Crippen LogP contribution in [0.1, 0.15) is 79.1 Å². The van der Waals surface area contributed by atoms with Gasteiger partial charge in [0, 0.05) is 25.7 Å². The standard InChI is InChI=1S/4C4H8O2/c4*1-2-3-4(5)6/h4*2-3H2,1H3,(H,5,6). The van der Waals surface area contributed by atoms with E-state index in [2.05, 4.69) is 0 Å². The summed E-state index contributed by atoms with van der Waals surface area (Å²) in [6.45, 7) is 7.37. The highest BCUT2D eigenvalue weighted by Crippen LogP contribution is 1.83. The molecule has 0 saturated carbocycles. The Balaban J connectivity index is -0.000000111. The lowest BCUT2D eigenvalue weighted by Crippen LogP contribution is -1.90. The Morgan fingerprint density at radius 3 is 0.583 bits per heavy atom. The molecule has 0 aliphatic heterocycles. The van der Waals surface area contributed by atoms with Crippen LogP contribution in [-0.4, -0.2) is 44.3 Å². The Labute approximate surface area is 143 Å². The maximum absolute atomic E-state index is 9.60. The third-order valence-electron chi connectivity index (χ3n) is 1.86. The predicted molar refractivity (Wildman–Crippen MR) is 90.2 cm³/mol. The highest BCUT2D eigenvalue weighted by atomic mass is 16.4. The van der Waals surface area contributed by atoms with Crippen LogP contribution in [0.15, 0.2) is 0 Å². The molecule has 4 N–H and O–H groups in total. The van der Waals surface area contributed by atoms with E-state index < -0.39 is 23.9 Å². The molecule has 0 radical (unpaired) electrons. The van der Waals surface area contributed by atoms with Gasteiger partial charge in [-0.2, -0.15) is 0 Å². The molecule has 144 valence electrons. The first-order valence-electron chi connectivity index (χ1n) is 7.95. The fraction of sp³-hybridized carbons (Fsp3) is 0.750. The van der Waals surface area contributed by atoms with E-state index in [1.54, 1.807) is 0 Å². The number of carboxylic acid groups (broad SMARTS) is 4. The van der Waals surface area contributed by atoms with Crippen molar-refractivity contribution in [2.24, 2.45) is 0 Å². The van der Waals surface area contributed by atoms with Crippen LogP contribution < -0.4 is 0 Å². The molecule has 0 atom stereocenters. The molecule has 0 aromatic carbocycles. The van der Waals surface area contributed by atoms with Crippen molar-refractivity contribution < 1.29 is 39.6 Å². The van der Waals surface area contributed by atoms with Crippen molar-refractivity contribution >= 4 is 23.9 Å². The van der Waals surface area contributed by atoms with Crippen LogP contribution >= 0.6 is 0 Å². The van der Waals surface area contributed by atoms with Crippen LogP contribution in [0.3, 0.4) is 0 Å². The highest BCUT2D eigenvalue weighted by Gasteiger charge is 1.89. The second kappa shape index (κ2) is 25.8. The van der Waals surface area contributed by atoms with Gasteiger partial charge in [0.2, 0.25) is 0 Å². The Bertz CT molecular complexity index is 262. The SMILES string of the molecule is CCCC(=O)O.CCCC(=O)O.CCCC(=O)O.CCCC(=O)O. The van der Waals surface area contributed by atoms with Crippen LogP contribution in [0.25, 0.3) is 0 Å². The summed E-state index contributed by atoms with van der Waals surface area (Å²) in [5, 5.41) is 31.7. The van der Waals surface area contributed by atoms with Crippen LogP contribution in [0.4, 0.5) is 0 Å². The summed E-state index contributed by atoms with van der Waals surface area (Å²) >= 11 is 0. The average Bonchev–Trinajstić information content (AvgIpc) is 2.39. The van der Waals surface area contributed by atoms with E-state index in [-0.39, 0.29) is 0 Å². The van der Waals surface area contributed by atoms with Crippen molar-refractivity contribution in [1.82, 2.24) is 0 Å². The molecule has 0 aromatic rings. The summed E-state index contributed by atoms with van der Waals surface area (Å²) < 4.78 is 0. The van der Waals surface area contributed by atoms with Crippen molar-refractivity contribution in [3.63, 3.8) is 0 Å². The lowest BCUT2D eigenvalue weighted by Gasteiger charge is -1.79. The van der Waals surface area contributed by atoms with E-state index in [0.29, 0.717) is 25.7 Å². The van der Waals surface area contributed by atoms with E-state index in [9.17, 15) is 19.2 Å². The maximum Gasteiger partial charge on any atom is 0.303 e. The minimum Gasteiger partial charge on any atom is -0.481 e. The van der Waals surface area contributed by atoms with Crippen molar-refractivity contribution in [3.05, 3.63) is 0 Å². The van der Waals surface area contributed by atoms with E-state index in [1.165, 1.54) is 0 Å². The summed E-state index contributed by atoms with van der Waals surface area (Å²) in [5.41, 5.74) is 0. The van der Waals surface area contributed by atoms with E-state index >= 15 is 0 Å². The Kier molecular flexibility index (Phi) is 32.1. The largest absolute Gasteiger partial charge is 0.481 e. The van der Waals surface area contributed by atoms with Gasteiger partial charge in [0.15, 0.2) is 0 Å². The third kappa shape index (κ3) is 72.6. The molecule has 24 heavy (non-hydrogen) atoms.